The van der Waals surface area contributed by atoms with Crippen molar-refractivity contribution < 1.29 is 43.9 Å². The van der Waals surface area contributed by atoms with Gasteiger partial charge >= 0.3 is 6.18 Å². The molecule has 15 heteroatoms. The zero-order valence-electron chi connectivity index (χ0n) is 21.1. The van der Waals surface area contributed by atoms with Crippen molar-refractivity contribution in [2.75, 3.05) is 21.9 Å². The predicted molar refractivity (Wildman–Crippen MR) is 141 cm³/mol. The molecule has 41 heavy (non-hydrogen) atoms. The van der Waals surface area contributed by atoms with Gasteiger partial charge in [0.25, 0.3) is 26.5 Å². The quantitative estimate of drug-likeness (QED) is 0.142. The van der Waals surface area contributed by atoms with Crippen molar-refractivity contribution in [2.24, 2.45) is 0 Å². The lowest BCUT2D eigenvalue weighted by Crippen LogP contribution is -2.35. The second-order valence-electron chi connectivity index (χ2n) is 8.40. The lowest BCUT2D eigenvalue weighted by Gasteiger charge is -2.27. The summed E-state index contributed by atoms with van der Waals surface area (Å²) in [6.07, 6.45) is -3.59. The number of anilines is 2. The zero-order chi connectivity index (χ0) is 30.0. The summed E-state index contributed by atoms with van der Waals surface area (Å²) in [6, 6.07) is 13.0. The number of hydrogen-bond acceptors (Lipinski definition) is 7. The Kier molecular flexibility index (Phi) is 8.22. The van der Waals surface area contributed by atoms with Crippen LogP contribution in [0.5, 0.6) is 0 Å². The highest BCUT2D eigenvalue weighted by molar-refractivity contribution is 7.93. The van der Waals surface area contributed by atoms with Crippen LogP contribution in [0.4, 0.5) is 29.1 Å². The normalized spacial score (nSPS) is 12.2. The zero-order valence-corrected chi connectivity index (χ0v) is 22.7. The van der Waals surface area contributed by atoms with Crippen molar-refractivity contribution >= 4 is 48.8 Å². The Morgan fingerprint density at radius 3 is 1.90 bits per heavy atom. The maximum absolute atomic E-state index is 13.6. The number of aromatic nitrogens is 1. The molecular formula is C26H21F4N3O6S2. The highest BCUT2D eigenvalue weighted by Gasteiger charge is 2.33. The Morgan fingerprint density at radius 1 is 0.829 bits per heavy atom. The summed E-state index contributed by atoms with van der Waals surface area (Å²) in [5, 5.41) is 0.367. The molecule has 1 aromatic heterocycles. The van der Waals surface area contributed by atoms with Gasteiger partial charge in [-0.25, -0.2) is 30.5 Å². The number of ether oxygens (including phenoxy) is 1. The van der Waals surface area contributed by atoms with Gasteiger partial charge in [-0.05, 0) is 55.5 Å². The third kappa shape index (κ3) is 5.81. The maximum atomic E-state index is 13.6. The van der Waals surface area contributed by atoms with Crippen LogP contribution in [0.3, 0.4) is 0 Å². The molecule has 0 N–H and O–H groups in total. The molecule has 0 fully saturated rings. The molecule has 0 aliphatic rings. The number of nitrogens with zero attached hydrogens (tertiary/aromatic N) is 3. The van der Waals surface area contributed by atoms with Gasteiger partial charge in [-0.1, -0.05) is 24.3 Å². The van der Waals surface area contributed by atoms with Crippen LogP contribution in [0.15, 0.2) is 88.8 Å². The van der Waals surface area contributed by atoms with Crippen molar-refractivity contribution in [3.05, 3.63) is 90.4 Å². The third-order valence-electron chi connectivity index (χ3n) is 5.98. The van der Waals surface area contributed by atoms with E-state index >= 15 is 0 Å². The van der Waals surface area contributed by atoms with Gasteiger partial charge in [-0.2, -0.15) is 13.2 Å². The molecule has 3 aromatic carbocycles. The first-order valence-corrected chi connectivity index (χ1v) is 14.6. The Bertz CT molecular complexity index is 1780. The van der Waals surface area contributed by atoms with Crippen LogP contribution in [0, 0.1) is 5.82 Å². The van der Waals surface area contributed by atoms with Crippen LogP contribution in [0.25, 0.3) is 10.8 Å². The Morgan fingerprint density at radius 2 is 1.37 bits per heavy atom. The summed E-state index contributed by atoms with van der Waals surface area (Å²) in [4.78, 5) is 14.5. The SMILES string of the molecule is CCN(c1cnc(N(COC=O)S(=O)(=O)c2ccc(C(F)(F)F)cc2)c2ccccc12)S(=O)(=O)c1ccc(F)cc1. The van der Waals surface area contributed by atoms with Crippen LogP contribution in [0.2, 0.25) is 0 Å². The second-order valence-corrected chi connectivity index (χ2v) is 12.1. The van der Waals surface area contributed by atoms with E-state index < -0.39 is 49.2 Å². The lowest BCUT2D eigenvalue weighted by atomic mass is 10.1. The van der Waals surface area contributed by atoms with E-state index in [0.29, 0.717) is 16.4 Å². The summed E-state index contributed by atoms with van der Waals surface area (Å²) in [5.41, 5.74) is -0.999. The summed E-state index contributed by atoms with van der Waals surface area (Å²) in [7, 11) is -8.86. The van der Waals surface area contributed by atoms with Crippen molar-refractivity contribution in [3.63, 3.8) is 0 Å². The Labute approximate surface area is 232 Å². The van der Waals surface area contributed by atoms with E-state index in [1.807, 2.05) is 0 Å². The van der Waals surface area contributed by atoms with E-state index in [1.165, 1.54) is 18.2 Å². The number of rotatable bonds is 10. The average molecular weight is 612 g/mol. The van der Waals surface area contributed by atoms with Gasteiger partial charge in [0.2, 0.25) is 0 Å². The average Bonchev–Trinajstić information content (AvgIpc) is 2.94. The Hall–Kier alpha value is -4.24. The van der Waals surface area contributed by atoms with Gasteiger partial charge in [-0.15, -0.1) is 0 Å². The summed E-state index contributed by atoms with van der Waals surface area (Å²) < 4.78 is 113. The van der Waals surface area contributed by atoms with Gasteiger partial charge in [0.1, 0.15) is 5.82 Å². The Balaban J connectivity index is 1.87. The standard InChI is InChI=1S/C26H21F4N3O6S2/c1-2-32(40(35,36)21-13-9-19(27)10-14-21)24-15-31-25(23-6-4-3-5-22(23)24)33(16-39-17-34)41(37,38)20-11-7-18(8-12-20)26(28,29)30/h3-15,17H,2,16H2,1H3. The molecule has 9 nitrogen and oxygen atoms in total. The number of sulfonamides is 2. The van der Waals surface area contributed by atoms with Crippen LogP contribution >= 0.6 is 0 Å². The number of halogens is 4. The van der Waals surface area contributed by atoms with E-state index in [2.05, 4.69) is 4.98 Å². The highest BCUT2D eigenvalue weighted by Crippen LogP contribution is 2.37. The molecule has 0 spiro atoms. The minimum absolute atomic E-state index is 0.0140. The molecule has 4 rings (SSSR count). The van der Waals surface area contributed by atoms with Gasteiger partial charge in [0, 0.05) is 17.3 Å². The number of fused-ring (bicyclic) bond motifs is 1. The van der Waals surface area contributed by atoms with Crippen LogP contribution < -0.4 is 8.61 Å². The molecule has 0 radical (unpaired) electrons. The molecule has 0 amide bonds. The molecule has 1 heterocycles. The molecule has 0 aliphatic heterocycles. The second kappa shape index (κ2) is 11.3. The molecule has 0 saturated carbocycles. The molecular weight excluding hydrogens is 590 g/mol. The van der Waals surface area contributed by atoms with Crippen LogP contribution in [-0.2, 0) is 35.8 Å². The van der Waals surface area contributed by atoms with Gasteiger partial charge in [0.15, 0.2) is 12.5 Å². The van der Waals surface area contributed by atoms with E-state index in [-0.39, 0.29) is 40.2 Å². The van der Waals surface area contributed by atoms with Crippen LogP contribution in [0.1, 0.15) is 12.5 Å². The number of alkyl halides is 3. The van der Waals surface area contributed by atoms with E-state index in [4.69, 9.17) is 4.74 Å². The highest BCUT2D eigenvalue weighted by atomic mass is 32.2. The van der Waals surface area contributed by atoms with Crippen molar-refractivity contribution in [1.82, 2.24) is 4.98 Å². The maximum Gasteiger partial charge on any atom is 0.416 e. The van der Waals surface area contributed by atoms with Crippen molar-refractivity contribution in [3.8, 4) is 0 Å². The predicted octanol–water partition coefficient (Wildman–Crippen LogP) is 4.93. The minimum Gasteiger partial charge on any atom is -0.445 e. The van der Waals surface area contributed by atoms with Crippen LogP contribution in [-0.4, -0.2) is 41.6 Å². The molecule has 0 unspecified atom stereocenters. The number of carbonyl (C=O) groups excluding carboxylic acids is 1. The monoisotopic (exact) mass is 611 g/mol. The molecule has 216 valence electrons. The number of pyridine rings is 1. The first kappa shape index (κ1) is 29.7. The summed E-state index contributed by atoms with van der Waals surface area (Å²) in [6.45, 7) is 0.587. The molecule has 0 atom stereocenters. The fourth-order valence-electron chi connectivity index (χ4n) is 4.05. The van der Waals surface area contributed by atoms with Crippen molar-refractivity contribution in [1.29, 1.82) is 0 Å². The fraction of sp³-hybridized carbons (Fsp3) is 0.154. The topological polar surface area (TPSA) is 114 Å². The minimum atomic E-state index is -4.70. The summed E-state index contributed by atoms with van der Waals surface area (Å²) >= 11 is 0. The number of hydrogen-bond donors (Lipinski definition) is 0. The molecule has 0 bridgehead atoms. The third-order valence-corrected chi connectivity index (χ3v) is 9.61. The first-order valence-electron chi connectivity index (χ1n) is 11.7. The lowest BCUT2D eigenvalue weighted by molar-refractivity contribution is -0.137. The van der Waals surface area contributed by atoms with Gasteiger partial charge in [0.05, 0.1) is 27.2 Å². The smallest absolute Gasteiger partial charge is 0.416 e. The molecule has 4 aromatic rings. The van der Waals surface area contributed by atoms with Gasteiger partial charge in [-0.3, -0.25) is 9.10 Å². The van der Waals surface area contributed by atoms with E-state index in [0.717, 1.165) is 46.9 Å². The fourth-order valence-corrected chi connectivity index (χ4v) is 6.84. The number of benzene rings is 3. The molecule has 0 aliphatic carbocycles. The van der Waals surface area contributed by atoms with E-state index in [1.54, 1.807) is 13.0 Å². The molecule has 0 saturated heterocycles. The summed E-state index contributed by atoms with van der Waals surface area (Å²) in [5.74, 6) is -0.906. The largest absolute Gasteiger partial charge is 0.445 e. The van der Waals surface area contributed by atoms with Gasteiger partial charge < -0.3 is 4.74 Å². The van der Waals surface area contributed by atoms with E-state index in [9.17, 15) is 39.2 Å². The number of carbonyl (C=O) groups is 1. The first-order chi connectivity index (χ1) is 19.3. The van der Waals surface area contributed by atoms with Crippen molar-refractivity contribution in [2.45, 2.75) is 22.9 Å².